The number of sulfonamides is 1. The molecule has 0 radical (unpaired) electrons. The number of amidine groups is 1. The summed E-state index contributed by atoms with van der Waals surface area (Å²) in [6.45, 7) is 4.27. The minimum absolute atomic E-state index is 0.157. The number of benzene rings is 1. The standard InChI is InChI=1S/C17H23N3O5S/c1-11(2)15(17(21)19-25-14-9-5-6-10-24-14)18-16-12-7-3-4-8-13(12)26(22,23)20-16/h3-4,7-8,11,14-15H,5-6,9-10H2,1-2H3,(H,18,20)(H,19,21)/t14-,15+/m1/s1. The van der Waals surface area contributed by atoms with Crippen molar-refractivity contribution < 1.29 is 22.8 Å². The highest BCUT2D eigenvalue weighted by atomic mass is 32.2. The molecular formula is C17H23N3O5S. The van der Waals surface area contributed by atoms with Crippen LogP contribution in [-0.2, 0) is 24.4 Å². The Hall–Kier alpha value is -1.97. The molecule has 8 nitrogen and oxygen atoms in total. The molecule has 1 fully saturated rings. The number of rotatable bonds is 5. The van der Waals surface area contributed by atoms with Crippen molar-refractivity contribution in [3.8, 4) is 0 Å². The smallest absolute Gasteiger partial charge is 0.268 e. The first-order chi connectivity index (χ1) is 12.4. The number of ether oxygens (including phenoxy) is 1. The van der Waals surface area contributed by atoms with Crippen LogP contribution in [-0.4, -0.2) is 39.1 Å². The van der Waals surface area contributed by atoms with Gasteiger partial charge in [-0.15, -0.1) is 0 Å². The van der Waals surface area contributed by atoms with Crippen LogP contribution < -0.4 is 10.2 Å². The number of carbonyl (C=O) groups excluding carboxylic acids is 1. The second-order valence-electron chi connectivity index (χ2n) is 6.65. The average Bonchev–Trinajstić information content (AvgIpc) is 2.89. The highest BCUT2D eigenvalue weighted by Gasteiger charge is 2.33. The van der Waals surface area contributed by atoms with Gasteiger partial charge in [-0.25, -0.2) is 18.7 Å². The van der Waals surface area contributed by atoms with E-state index in [2.05, 4.69) is 15.2 Å². The van der Waals surface area contributed by atoms with Crippen LogP contribution in [0, 0.1) is 5.92 Å². The molecule has 0 aliphatic carbocycles. The summed E-state index contributed by atoms with van der Waals surface area (Å²) in [6.07, 6.45) is 2.22. The van der Waals surface area contributed by atoms with Crippen molar-refractivity contribution in [2.24, 2.45) is 10.9 Å². The number of fused-ring (bicyclic) bond motifs is 1. The lowest BCUT2D eigenvalue weighted by Gasteiger charge is -2.23. The van der Waals surface area contributed by atoms with Gasteiger partial charge in [0.1, 0.15) is 11.9 Å². The van der Waals surface area contributed by atoms with Gasteiger partial charge >= 0.3 is 0 Å². The molecule has 142 valence electrons. The summed E-state index contributed by atoms with van der Waals surface area (Å²) in [6, 6.07) is 5.74. The summed E-state index contributed by atoms with van der Waals surface area (Å²) in [5, 5.41) is 0. The van der Waals surface area contributed by atoms with Gasteiger partial charge in [-0.3, -0.25) is 14.5 Å². The Labute approximate surface area is 153 Å². The molecule has 0 unspecified atom stereocenters. The second kappa shape index (κ2) is 7.73. The Morgan fingerprint density at radius 3 is 2.81 bits per heavy atom. The van der Waals surface area contributed by atoms with Crippen molar-refractivity contribution in [2.75, 3.05) is 6.61 Å². The Balaban J connectivity index is 1.76. The largest absolute Gasteiger partial charge is 0.350 e. The van der Waals surface area contributed by atoms with Crippen LogP contribution in [0.2, 0.25) is 0 Å². The third-order valence-corrected chi connectivity index (χ3v) is 5.66. The Bertz CT molecular complexity index is 800. The molecule has 1 saturated heterocycles. The van der Waals surface area contributed by atoms with E-state index in [0.29, 0.717) is 18.6 Å². The second-order valence-corrected chi connectivity index (χ2v) is 8.30. The molecule has 1 aromatic rings. The molecule has 2 aliphatic heterocycles. The number of nitrogens with zero attached hydrogens (tertiary/aromatic N) is 1. The molecule has 3 rings (SSSR count). The number of hydrogen-bond acceptors (Lipinski definition) is 6. The van der Waals surface area contributed by atoms with Crippen molar-refractivity contribution in [3.05, 3.63) is 29.8 Å². The van der Waals surface area contributed by atoms with Gasteiger partial charge < -0.3 is 4.74 Å². The van der Waals surface area contributed by atoms with E-state index in [0.717, 1.165) is 12.8 Å². The highest BCUT2D eigenvalue weighted by Crippen LogP contribution is 2.23. The van der Waals surface area contributed by atoms with Gasteiger partial charge in [0.25, 0.3) is 15.9 Å². The Morgan fingerprint density at radius 2 is 2.12 bits per heavy atom. The van der Waals surface area contributed by atoms with E-state index in [1.165, 1.54) is 6.07 Å². The lowest BCUT2D eigenvalue weighted by molar-refractivity contribution is -0.201. The van der Waals surface area contributed by atoms with E-state index in [1.807, 2.05) is 13.8 Å². The van der Waals surface area contributed by atoms with E-state index in [1.54, 1.807) is 18.2 Å². The van der Waals surface area contributed by atoms with Crippen molar-refractivity contribution in [1.82, 2.24) is 10.2 Å². The van der Waals surface area contributed by atoms with Crippen LogP contribution in [0.5, 0.6) is 0 Å². The number of aliphatic imine (C=N–C) groups is 1. The zero-order valence-corrected chi connectivity index (χ0v) is 15.6. The first-order valence-corrected chi connectivity index (χ1v) is 10.1. The van der Waals surface area contributed by atoms with E-state index < -0.39 is 28.3 Å². The highest BCUT2D eigenvalue weighted by molar-refractivity contribution is 7.90. The molecule has 2 atom stereocenters. The van der Waals surface area contributed by atoms with E-state index in [9.17, 15) is 13.2 Å². The number of carbonyl (C=O) groups is 1. The minimum atomic E-state index is -3.64. The molecule has 2 heterocycles. The maximum Gasteiger partial charge on any atom is 0.268 e. The van der Waals surface area contributed by atoms with Gasteiger partial charge in [0.05, 0.1) is 4.90 Å². The molecule has 1 aromatic carbocycles. The molecule has 0 bridgehead atoms. The van der Waals surface area contributed by atoms with Crippen LogP contribution in [0.3, 0.4) is 0 Å². The number of hydrogen-bond donors (Lipinski definition) is 2. The summed E-state index contributed by atoms with van der Waals surface area (Å²) < 4.78 is 32.2. The summed E-state index contributed by atoms with van der Waals surface area (Å²) >= 11 is 0. The normalized spacial score (nSPS) is 24.1. The maximum absolute atomic E-state index is 12.5. The van der Waals surface area contributed by atoms with E-state index in [-0.39, 0.29) is 16.6 Å². The zero-order chi connectivity index (χ0) is 18.7. The predicted octanol–water partition coefficient (Wildman–Crippen LogP) is 1.32. The summed E-state index contributed by atoms with van der Waals surface area (Å²) in [5.74, 6) is -0.427. The van der Waals surface area contributed by atoms with Crippen LogP contribution in [0.15, 0.2) is 34.2 Å². The SMILES string of the molecule is CC(C)[C@H](N=C1NS(=O)(=O)c2ccccc21)C(=O)NO[C@@H]1CCCCO1. The van der Waals surface area contributed by atoms with E-state index >= 15 is 0 Å². The molecule has 26 heavy (non-hydrogen) atoms. The summed E-state index contributed by atoms with van der Waals surface area (Å²) in [5.41, 5.74) is 2.86. The topological polar surface area (TPSA) is 106 Å². The van der Waals surface area contributed by atoms with Gasteiger partial charge in [-0.05, 0) is 30.9 Å². The molecule has 0 saturated carbocycles. The first kappa shape index (κ1) is 18.8. The van der Waals surface area contributed by atoms with Crippen LogP contribution in [0.25, 0.3) is 0 Å². The summed E-state index contributed by atoms with van der Waals surface area (Å²) in [4.78, 5) is 22.4. The monoisotopic (exact) mass is 381 g/mol. The lowest BCUT2D eigenvalue weighted by atomic mass is 10.0. The van der Waals surface area contributed by atoms with Gasteiger partial charge in [-0.2, -0.15) is 0 Å². The van der Waals surface area contributed by atoms with Crippen LogP contribution in [0.4, 0.5) is 0 Å². The maximum atomic E-state index is 12.5. The van der Waals surface area contributed by atoms with Crippen molar-refractivity contribution in [2.45, 2.75) is 50.3 Å². The van der Waals surface area contributed by atoms with Gasteiger partial charge in [0.2, 0.25) is 0 Å². The van der Waals surface area contributed by atoms with Gasteiger partial charge in [-0.1, -0.05) is 26.0 Å². The molecule has 2 aliphatic rings. The third-order valence-electron chi connectivity index (χ3n) is 4.26. The Morgan fingerprint density at radius 1 is 1.35 bits per heavy atom. The number of amides is 1. The number of nitrogens with one attached hydrogen (secondary N) is 2. The van der Waals surface area contributed by atoms with Crippen molar-refractivity contribution in [3.63, 3.8) is 0 Å². The minimum Gasteiger partial charge on any atom is -0.350 e. The molecular weight excluding hydrogens is 358 g/mol. The predicted molar refractivity (Wildman–Crippen MR) is 94.7 cm³/mol. The molecule has 2 N–H and O–H groups in total. The fraction of sp³-hybridized carbons (Fsp3) is 0.529. The average molecular weight is 381 g/mol. The number of hydroxylamine groups is 1. The third kappa shape index (κ3) is 4.05. The Kier molecular flexibility index (Phi) is 5.59. The molecule has 0 aromatic heterocycles. The van der Waals surface area contributed by atoms with Crippen LogP contribution >= 0.6 is 0 Å². The molecule has 0 spiro atoms. The lowest BCUT2D eigenvalue weighted by Crippen LogP contribution is -2.41. The van der Waals surface area contributed by atoms with Gasteiger partial charge in [0, 0.05) is 18.6 Å². The molecule has 1 amide bonds. The quantitative estimate of drug-likeness (QED) is 0.749. The fourth-order valence-corrected chi connectivity index (χ4v) is 4.11. The first-order valence-electron chi connectivity index (χ1n) is 8.65. The zero-order valence-electron chi connectivity index (χ0n) is 14.8. The summed E-state index contributed by atoms with van der Waals surface area (Å²) in [7, 11) is -3.64. The van der Waals surface area contributed by atoms with Crippen LogP contribution in [0.1, 0.15) is 38.7 Å². The van der Waals surface area contributed by atoms with E-state index in [4.69, 9.17) is 9.57 Å². The fourth-order valence-electron chi connectivity index (χ4n) is 2.87. The van der Waals surface area contributed by atoms with Crippen molar-refractivity contribution in [1.29, 1.82) is 0 Å². The van der Waals surface area contributed by atoms with Crippen molar-refractivity contribution >= 4 is 21.8 Å². The molecule has 9 heteroatoms. The van der Waals surface area contributed by atoms with Gasteiger partial charge in [0.15, 0.2) is 6.29 Å².